The van der Waals surface area contributed by atoms with Crippen LogP contribution in [0.25, 0.3) is 0 Å². The summed E-state index contributed by atoms with van der Waals surface area (Å²) in [4.78, 5) is 10.5. The summed E-state index contributed by atoms with van der Waals surface area (Å²) in [5.74, 6) is -0.817. The predicted molar refractivity (Wildman–Crippen MR) is 74.1 cm³/mol. The van der Waals surface area contributed by atoms with Gasteiger partial charge in [0.25, 0.3) is 0 Å². The van der Waals surface area contributed by atoms with E-state index >= 15 is 0 Å². The number of aldehydes is 1. The fraction of sp³-hybridized carbons (Fsp3) is 0.188. The van der Waals surface area contributed by atoms with Crippen LogP contribution in [0.2, 0.25) is 0 Å². The van der Waals surface area contributed by atoms with Gasteiger partial charge in [-0.3, -0.25) is 4.79 Å². The monoisotopic (exact) mass is 328 g/mol. The molecule has 23 heavy (non-hydrogen) atoms. The van der Waals surface area contributed by atoms with Gasteiger partial charge in [0.1, 0.15) is 11.5 Å². The van der Waals surface area contributed by atoms with Crippen molar-refractivity contribution in [1.82, 2.24) is 0 Å². The summed E-state index contributed by atoms with van der Waals surface area (Å²) in [6, 6.07) is 7.92. The number of hydrogen-bond acceptors (Lipinski definition) is 3. The molecular formula is C16H12F4O3. The molecule has 0 amide bonds. The van der Waals surface area contributed by atoms with Gasteiger partial charge in [0, 0.05) is 0 Å². The summed E-state index contributed by atoms with van der Waals surface area (Å²) in [6.45, 7) is 1.56. The molecule has 122 valence electrons. The average Bonchev–Trinajstić information content (AvgIpc) is 2.50. The lowest BCUT2D eigenvalue weighted by Crippen LogP contribution is -2.12. The van der Waals surface area contributed by atoms with Crippen LogP contribution in [0.4, 0.5) is 17.6 Å². The Balaban J connectivity index is 2.12. The van der Waals surface area contributed by atoms with Gasteiger partial charge in [0.05, 0.1) is 5.56 Å². The summed E-state index contributed by atoms with van der Waals surface area (Å²) < 4.78 is 61.5. The van der Waals surface area contributed by atoms with E-state index in [1.807, 2.05) is 0 Å². The Morgan fingerprint density at radius 1 is 1.04 bits per heavy atom. The Labute approximate surface area is 129 Å². The minimum absolute atomic E-state index is 0.217. The first kappa shape index (κ1) is 16.8. The summed E-state index contributed by atoms with van der Waals surface area (Å²) in [5, 5.41) is 0. The molecule has 0 bridgehead atoms. The van der Waals surface area contributed by atoms with Crippen LogP contribution < -0.4 is 9.47 Å². The molecule has 0 spiro atoms. The van der Waals surface area contributed by atoms with Gasteiger partial charge in [-0.1, -0.05) is 0 Å². The first-order chi connectivity index (χ1) is 10.8. The van der Waals surface area contributed by atoms with Crippen LogP contribution in [0.1, 0.15) is 12.5 Å². The topological polar surface area (TPSA) is 35.5 Å². The van der Waals surface area contributed by atoms with Crippen LogP contribution in [0.5, 0.6) is 17.2 Å². The highest BCUT2D eigenvalue weighted by atomic mass is 19.4. The molecule has 3 nitrogen and oxygen atoms in total. The molecule has 2 rings (SSSR count). The molecule has 2 aromatic carbocycles. The SMILES string of the molecule is CC(C=O)Oc1ccc(Oc2ccc(C(F)(F)F)cc2F)cc1. The zero-order valence-corrected chi connectivity index (χ0v) is 11.9. The molecule has 1 unspecified atom stereocenters. The number of benzene rings is 2. The van der Waals surface area contributed by atoms with Crippen molar-refractivity contribution < 1.29 is 31.8 Å². The second-order valence-corrected chi connectivity index (χ2v) is 4.68. The molecular weight excluding hydrogens is 316 g/mol. The molecule has 0 fully saturated rings. The molecule has 0 saturated carbocycles. The van der Waals surface area contributed by atoms with E-state index in [9.17, 15) is 22.4 Å². The highest BCUT2D eigenvalue weighted by molar-refractivity contribution is 5.56. The Hall–Kier alpha value is -2.57. The lowest BCUT2D eigenvalue weighted by molar-refractivity contribution is -0.137. The largest absolute Gasteiger partial charge is 0.483 e. The lowest BCUT2D eigenvalue weighted by atomic mass is 10.2. The average molecular weight is 328 g/mol. The fourth-order valence-corrected chi connectivity index (χ4v) is 1.72. The zero-order valence-electron chi connectivity index (χ0n) is 11.9. The minimum atomic E-state index is -4.62. The predicted octanol–water partition coefficient (Wildman–Crippen LogP) is 4.60. The molecule has 0 aliphatic heterocycles. The third-order valence-corrected chi connectivity index (χ3v) is 2.82. The first-order valence-electron chi connectivity index (χ1n) is 6.56. The number of hydrogen-bond donors (Lipinski definition) is 0. The lowest BCUT2D eigenvalue weighted by Gasteiger charge is -2.11. The summed E-state index contributed by atoms with van der Waals surface area (Å²) in [7, 11) is 0. The van der Waals surface area contributed by atoms with Gasteiger partial charge in [-0.25, -0.2) is 4.39 Å². The molecule has 0 aromatic heterocycles. The van der Waals surface area contributed by atoms with Crippen LogP contribution >= 0.6 is 0 Å². The van der Waals surface area contributed by atoms with E-state index in [0.717, 1.165) is 12.1 Å². The van der Waals surface area contributed by atoms with E-state index in [-0.39, 0.29) is 11.5 Å². The van der Waals surface area contributed by atoms with E-state index in [1.54, 1.807) is 6.92 Å². The van der Waals surface area contributed by atoms with Crippen molar-refractivity contribution in [3.05, 3.63) is 53.8 Å². The van der Waals surface area contributed by atoms with E-state index in [2.05, 4.69) is 0 Å². The van der Waals surface area contributed by atoms with Gasteiger partial charge in [-0.15, -0.1) is 0 Å². The standard InChI is InChI=1S/C16H12F4O3/c1-10(9-21)22-12-3-5-13(6-4-12)23-15-7-2-11(8-14(15)17)16(18,19)20/h2-10H,1H3. The van der Waals surface area contributed by atoms with Gasteiger partial charge in [0.2, 0.25) is 0 Å². The second kappa shape index (κ2) is 6.68. The number of carbonyl (C=O) groups excluding carboxylic acids is 1. The van der Waals surface area contributed by atoms with Crippen LogP contribution in [0.15, 0.2) is 42.5 Å². The summed E-state index contributed by atoms with van der Waals surface area (Å²) >= 11 is 0. The molecule has 2 aromatic rings. The third-order valence-electron chi connectivity index (χ3n) is 2.82. The van der Waals surface area contributed by atoms with E-state index in [4.69, 9.17) is 9.47 Å². The van der Waals surface area contributed by atoms with Crippen LogP contribution in [-0.4, -0.2) is 12.4 Å². The highest BCUT2D eigenvalue weighted by Gasteiger charge is 2.31. The number of halogens is 4. The molecule has 1 atom stereocenters. The maximum Gasteiger partial charge on any atom is 0.416 e. The molecule has 0 aliphatic carbocycles. The van der Waals surface area contributed by atoms with Gasteiger partial charge in [0.15, 0.2) is 24.0 Å². The van der Waals surface area contributed by atoms with Crippen molar-refractivity contribution in [3.63, 3.8) is 0 Å². The normalized spacial score (nSPS) is 12.6. The van der Waals surface area contributed by atoms with Crippen LogP contribution in [0, 0.1) is 5.82 Å². The second-order valence-electron chi connectivity index (χ2n) is 4.68. The van der Waals surface area contributed by atoms with Crippen molar-refractivity contribution in [1.29, 1.82) is 0 Å². The van der Waals surface area contributed by atoms with Crippen LogP contribution in [-0.2, 0) is 11.0 Å². The number of ether oxygens (including phenoxy) is 2. The molecule has 0 N–H and O–H groups in total. The van der Waals surface area contributed by atoms with Crippen molar-refractivity contribution in [2.24, 2.45) is 0 Å². The van der Waals surface area contributed by atoms with Crippen molar-refractivity contribution in [2.75, 3.05) is 0 Å². The van der Waals surface area contributed by atoms with Crippen LogP contribution in [0.3, 0.4) is 0 Å². The van der Waals surface area contributed by atoms with E-state index in [1.165, 1.54) is 24.3 Å². The summed E-state index contributed by atoms with van der Waals surface area (Å²) in [6.07, 6.45) is -4.61. The van der Waals surface area contributed by atoms with Gasteiger partial charge in [-0.2, -0.15) is 13.2 Å². The maximum atomic E-state index is 13.7. The van der Waals surface area contributed by atoms with Crippen molar-refractivity contribution in [3.8, 4) is 17.2 Å². The molecule has 0 saturated heterocycles. The first-order valence-corrected chi connectivity index (χ1v) is 6.56. The fourth-order valence-electron chi connectivity index (χ4n) is 1.72. The molecule has 0 heterocycles. The Morgan fingerprint density at radius 3 is 2.17 bits per heavy atom. The maximum absolute atomic E-state index is 13.7. The quantitative estimate of drug-likeness (QED) is 0.594. The third kappa shape index (κ3) is 4.45. The van der Waals surface area contributed by atoms with E-state index in [0.29, 0.717) is 18.1 Å². The van der Waals surface area contributed by atoms with E-state index < -0.39 is 23.7 Å². The number of alkyl halides is 3. The zero-order chi connectivity index (χ0) is 17.0. The smallest absolute Gasteiger partial charge is 0.416 e. The van der Waals surface area contributed by atoms with Crippen molar-refractivity contribution in [2.45, 2.75) is 19.2 Å². The Morgan fingerprint density at radius 2 is 1.65 bits per heavy atom. The van der Waals surface area contributed by atoms with Gasteiger partial charge in [-0.05, 0) is 49.4 Å². The Bertz CT molecular complexity index is 681. The van der Waals surface area contributed by atoms with Crippen molar-refractivity contribution >= 4 is 6.29 Å². The Kier molecular flexibility index (Phi) is 4.88. The molecule has 0 aliphatic rings. The molecule has 0 radical (unpaired) electrons. The van der Waals surface area contributed by atoms with Gasteiger partial charge < -0.3 is 9.47 Å². The summed E-state index contributed by atoms with van der Waals surface area (Å²) in [5.41, 5.74) is -1.09. The minimum Gasteiger partial charge on any atom is -0.483 e. The number of rotatable bonds is 5. The number of carbonyl (C=O) groups is 1. The highest BCUT2D eigenvalue weighted by Crippen LogP contribution is 2.33. The van der Waals surface area contributed by atoms with Gasteiger partial charge >= 0.3 is 6.18 Å². The molecule has 7 heteroatoms.